The Labute approximate surface area is 115 Å². The van der Waals surface area contributed by atoms with Crippen molar-refractivity contribution in [3.05, 3.63) is 35.4 Å². The van der Waals surface area contributed by atoms with E-state index in [0.717, 1.165) is 30.5 Å². The van der Waals surface area contributed by atoms with E-state index in [9.17, 15) is 4.79 Å². The maximum atomic E-state index is 11.4. The Morgan fingerprint density at radius 3 is 2.58 bits per heavy atom. The molecule has 2 atom stereocenters. The summed E-state index contributed by atoms with van der Waals surface area (Å²) in [5, 5.41) is 0. The number of carbonyl (C=O) groups is 1. The monoisotopic (exact) mass is 261 g/mol. The summed E-state index contributed by atoms with van der Waals surface area (Å²) in [5.41, 5.74) is 2.30. The van der Waals surface area contributed by atoms with Gasteiger partial charge in [0, 0.05) is 13.1 Å². The van der Waals surface area contributed by atoms with Crippen molar-refractivity contribution >= 4 is 5.97 Å². The number of nitrogens with zero attached hydrogens (tertiary/aromatic N) is 1. The van der Waals surface area contributed by atoms with E-state index in [1.165, 1.54) is 19.1 Å². The summed E-state index contributed by atoms with van der Waals surface area (Å²) in [6.07, 6.45) is 1.72. The molecule has 0 aliphatic heterocycles. The number of hydrogen-bond acceptors (Lipinski definition) is 3. The van der Waals surface area contributed by atoms with Gasteiger partial charge in [-0.1, -0.05) is 31.2 Å². The average Bonchev–Trinajstić information content (AvgIpc) is 3.07. The minimum absolute atomic E-state index is 0.175. The average molecular weight is 261 g/mol. The van der Waals surface area contributed by atoms with Crippen LogP contribution in [-0.4, -0.2) is 31.6 Å². The highest BCUT2D eigenvalue weighted by atomic mass is 16.5. The summed E-state index contributed by atoms with van der Waals surface area (Å²) >= 11 is 0. The van der Waals surface area contributed by atoms with Gasteiger partial charge >= 0.3 is 5.97 Å². The van der Waals surface area contributed by atoms with Gasteiger partial charge in [-0.15, -0.1) is 0 Å². The van der Waals surface area contributed by atoms with Gasteiger partial charge in [-0.25, -0.2) is 0 Å². The summed E-state index contributed by atoms with van der Waals surface area (Å²) in [7, 11) is 3.59. The van der Waals surface area contributed by atoms with Gasteiger partial charge < -0.3 is 9.64 Å². The topological polar surface area (TPSA) is 29.5 Å². The molecule has 2 rings (SSSR count). The van der Waals surface area contributed by atoms with E-state index in [1.54, 1.807) is 0 Å². The molecular formula is C16H23NO2. The molecule has 1 aromatic rings. The van der Waals surface area contributed by atoms with Crippen molar-refractivity contribution in [1.29, 1.82) is 0 Å². The number of rotatable bonds is 6. The molecule has 1 aliphatic rings. The largest absolute Gasteiger partial charge is 0.469 e. The van der Waals surface area contributed by atoms with Crippen LogP contribution in [0, 0.1) is 11.8 Å². The van der Waals surface area contributed by atoms with Crippen LogP contribution in [0.2, 0.25) is 0 Å². The van der Waals surface area contributed by atoms with Crippen LogP contribution in [0.4, 0.5) is 0 Å². The fraction of sp³-hybridized carbons (Fsp3) is 0.562. The number of carbonyl (C=O) groups excluding carboxylic acids is 1. The van der Waals surface area contributed by atoms with Crippen LogP contribution in [0.3, 0.4) is 0 Å². The van der Waals surface area contributed by atoms with Crippen molar-refractivity contribution in [1.82, 2.24) is 4.90 Å². The third kappa shape index (κ3) is 4.06. The molecule has 0 heterocycles. The predicted molar refractivity (Wildman–Crippen MR) is 75.8 cm³/mol. The van der Waals surface area contributed by atoms with E-state index >= 15 is 0 Å². The first-order valence-electron chi connectivity index (χ1n) is 6.92. The van der Waals surface area contributed by atoms with E-state index in [1.807, 2.05) is 18.2 Å². The SMILES string of the molecule is COC(=O)Cc1ccccc1CN(C)CC1CC1C. The molecule has 3 heteroatoms. The Balaban J connectivity index is 1.96. The lowest BCUT2D eigenvalue weighted by atomic mass is 10.0. The van der Waals surface area contributed by atoms with Gasteiger partial charge in [-0.2, -0.15) is 0 Å². The molecular weight excluding hydrogens is 238 g/mol. The highest BCUT2D eigenvalue weighted by Gasteiger charge is 2.33. The Hall–Kier alpha value is -1.35. The first kappa shape index (κ1) is 14.1. The number of benzene rings is 1. The molecule has 0 amide bonds. The smallest absolute Gasteiger partial charge is 0.309 e. The lowest BCUT2D eigenvalue weighted by Crippen LogP contribution is -2.22. The van der Waals surface area contributed by atoms with E-state index < -0.39 is 0 Å². The van der Waals surface area contributed by atoms with E-state index in [-0.39, 0.29) is 5.97 Å². The Bertz CT molecular complexity index is 444. The molecule has 1 aromatic carbocycles. The summed E-state index contributed by atoms with van der Waals surface area (Å²) in [4.78, 5) is 13.8. The Kier molecular flexibility index (Phi) is 4.59. The van der Waals surface area contributed by atoms with Gasteiger partial charge in [0.05, 0.1) is 13.5 Å². The quantitative estimate of drug-likeness (QED) is 0.737. The molecule has 0 saturated heterocycles. The van der Waals surface area contributed by atoms with Crippen molar-refractivity contribution < 1.29 is 9.53 Å². The summed E-state index contributed by atoms with van der Waals surface area (Å²) < 4.78 is 4.75. The third-order valence-electron chi connectivity index (χ3n) is 3.94. The summed E-state index contributed by atoms with van der Waals surface area (Å²) in [6, 6.07) is 8.12. The molecule has 0 N–H and O–H groups in total. The minimum atomic E-state index is -0.175. The zero-order valence-electron chi connectivity index (χ0n) is 12.1. The van der Waals surface area contributed by atoms with Gasteiger partial charge in [0.2, 0.25) is 0 Å². The number of hydrogen-bond donors (Lipinski definition) is 0. The summed E-state index contributed by atoms with van der Waals surface area (Å²) in [6.45, 7) is 4.35. The van der Waals surface area contributed by atoms with Crippen LogP contribution >= 0.6 is 0 Å². The number of methoxy groups -OCH3 is 1. The van der Waals surface area contributed by atoms with Crippen LogP contribution in [-0.2, 0) is 22.5 Å². The molecule has 2 unspecified atom stereocenters. The lowest BCUT2D eigenvalue weighted by molar-refractivity contribution is -0.139. The van der Waals surface area contributed by atoms with Crippen molar-refractivity contribution in [2.24, 2.45) is 11.8 Å². The van der Waals surface area contributed by atoms with Crippen molar-refractivity contribution in [3.63, 3.8) is 0 Å². The van der Waals surface area contributed by atoms with Crippen LogP contribution < -0.4 is 0 Å². The lowest BCUT2D eigenvalue weighted by Gasteiger charge is -2.18. The molecule has 1 aliphatic carbocycles. The van der Waals surface area contributed by atoms with Gasteiger partial charge in [0.25, 0.3) is 0 Å². The molecule has 19 heavy (non-hydrogen) atoms. The first-order chi connectivity index (χ1) is 9.10. The Morgan fingerprint density at radius 2 is 2.00 bits per heavy atom. The fourth-order valence-corrected chi connectivity index (χ4v) is 2.52. The van der Waals surface area contributed by atoms with Gasteiger partial charge in [-0.05, 0) is 36.4 Å². The van der Waals surface area contributed by atoms with Crippen LogP contribution in [0.1, 0.15) is 24.5 Å². The fourth-order valence-electron chi connectivity index (χ4n) is 2.52. The molecule has 0 spiro atoms. The second-order valence-corrected chi connectivity index (χ2v) is 5.69. The van der Waals surface area contributed by atoms with Crippen molar-refractivity contribution in [2.75, 3.05) is 20.7 Å². The van der Waals surface area contributed by atoms with E-state index in [0.29, 0.717) is 6.42 Å². The van der Waals surface area contributed by atoms with Crippen LogP contribution in [0.5, 0.6) is 0 Å². The standard InChI is InChI=1S/C16H23NO2/c1-12-8-15(12)11-17(2)10-14-7-5-4-6-13(14)9-16(18)19-3/h4-7,12,15H,8-11H2,1-3H3. The normalized spacial score (nSPS) is 21.5. The predicted octanol–water partition coefficient (Wildman–Crippen LogP) is 2.49. The molecule has 104 valence electrons. The van der Waals surface area contributed by atoms with E-state index in [2.05, 4.69) is 24.9 Å². The van der Waals surface area contributed by atoms with Crippen LogP contribution in [0.25, 0.3) is 0 Å². The molecule has 0 bridgehead atoms. The molecule has 1 fully saturated rings. The molecule has 3 nitrogen and oxygen atoms in total. The molecule has 1 saturated carbocycles. The molecule has 0 aromatic heterocycles. The second-order valence-electron chi connectivity index (χ2n) is 5.69. The maximum Gasteiger partial charge on any atom is 0.309 e. The first-order valence-corrected chi connectivity index (χ1v) is 6.92. The van der Waals surface area contributed by atoms with Crippen molar-refractivity contribution in [2.45, 2.75) is 26.3 Å². The zero-order valence-corrected chi connectivity index (χ0v) is 12.1. The maximum absolute atomic E-state index is 11.4. The Morgan fingerprint density at radius 1 is 1.37 bits per heavy atom. The highest BCUT2D eigenvalue weighted by Crippen LogP contribution is 2.38. The number of ether oxygens (including phenoxy) is 1. The second kappa shape index (κ2) is 6.20. The molecule has 0 radical (unpaired) electrons. The number of esters is 1. The van der Waals surface area contributed by atoms with Gasteiger partial charge in [-0.3, -0.25) is 4.79 Å². The van der Waals surface area contributed by atoms with Gasteiger partial charge in [0.15, 0.2) is 0 Å². The van der Waals surface area contributed by atoms with Crippen molar-refractivity contribution in [3.8, 4) is 0 Å². The van der Waals surface area contributed by atoms with Gasteiger partial charge in [0.1, 0.15) is 0 Å². The highest BCUT2D eigenvalue weighted by molar-refractivity contribution is 5.72. The minimum Gasteiger partial charge on any atom is -0.469 e. The van der Waals surface area contributed by atoms with Crippen LogP contribution in [0.15, 0.2) is 24.3 Å². The third-order valence-corrected chi connectivity index (χ3v) is 3.94. The van der Waals surface area contributed by atoms with E-state index in [4.69, 9.17) is 4.74 Å². The summed E-state index contributed by atoms with van der Waals surface area (Å²) in [5.74, 6) is 1.57. The zero-order chi connectivity index (χ0) is 13.8.